The number of carbonyl (C=O) groups is 1. The summed E-state index contributed by atoms with van der Waals surface area (Å²) >= 11 is 5.80. The SMILES string of the molecule is O=C(Cc1ccc(OC(F)F)cc1)Nc1ccc(F)cc1Cl. The molecule has 1 amide bonds. The van der Waals surface area contributed by atoms with Crippen LogP contribution < -0.4 is 10.1 Å². The molecule has 0 unspecified atom stereocenters. The van der Waals surface area contributed by atoms with E-state index in [4.69, 9.17) is 11.6 Å². The first-order valence-corrected chi connectivity index (χ1v) is 6.60. The van der Waals surface area contributed by atoms with E-state index in [1.54, 1.807) is 0 Å². The smallest absolute Gasteiger partial charge is 0.387 e. The summed E-state index contributed by atoms with van der Waals surface area (Å²) in [5.74, 6) is -0.852. The average Bonchev–Trinajstić information content (AvgIpc) is 2.43. The lowest BCUT2D eigenvalue weighted by Crippen LogP contribution is -2.14. The van der Waals surface area contributed by atoms with Crippen LogP contribution in [0, 0.1) is 5.82 Å². The van der Waals surface area contributed by atoms with Gasteiger partial charge in [0.05, 0.1) is 17.1 Å². The molecule has 2 aromatic rings. The van der Waals surface area contributed by atoms with Crippen molar-refractivity contribution in [1.29, 1.82) is 0 Å². The minimum absolute atomic E-state index is 0.0146. The third kappa shape index (κ3) is 4.66. The Labute approximate surface area is 129 Å². The van der Waals surface area contributed by atoms with Crippen molar-refractivity contribution in [3.8, 4) is 5.75 Å². The summed E-state index contributed by atoms with van der Waals surface area (Å²) in [5, 5.41) is 2.64. The molecule has 1 N–H and O–H groups in total. The molecule has 0 radical (unpaired) electrons. The predicted octanol–water partition coefficient (Wildman–Crippen LogP) is 4.26. The van der Waals surface area contributed by atoms with Crippen molar-refractivity contribution in [3.05, 3.63) is 58.9 Å². The van der Waals surface area contributed by atoms with Crippen molar-refractivity contribution in [1.82, 2.24) is 0 Å². The third-order valence-corrected chi connectivity index (χ3v) is 3.03. The standard InChI is InChI=1S/C15H11ClF3NO2/c16-12-8-10(17)3-6-13(12)20-14(21)7-9-1-4-11(5-2-9)22-15(18)19/h1-6,8,15H,7H2,(H,20,21). The number of anilines is 1. The van der Waals surface area contributed by atoms with Crippen molar-refractivity contribution in [2.24, 2.45) is 0 Å². The lowest BCUT2D eigenvalue weighted by atomic mass is 10.1. The summed E-state index contributed by atoms with van der Waals surface area (Å²) in [6, 6.07) is 9.33. The van der Waals surface area contributed by atoms with E-state index >= 15 is 0 Å². The van der Waals surface area contributed by atoms with Gasteiger partial charge in [0.2, 0.25) is 5.91 Å². The molecular weight excluding hydrogens is 319 g/mol. The van der Waals surface area contributed by atoms with E-state index in [1.807, 2.05) is 0 Å². The Morgan fingerprint density at radius 2 is 1.86 bits per heavy atom. The quantitative estimate of drug-likeness (QED) is 0.890. The Hall–Kier alpha value is -2.21. The second-order valence-electron chi connectivity index (χ2n) is 4.37. The van der Waals surface area contributed by atoms with E-state index in [9.17, 15) is 18.0 Å². The minimum Gasteiger partial charge on any atom is -0.435 e. The zero-order valence-electron chi connectivity index (χ0n) is 11.2. The molecule has 7 heteroatoms. The molecule has 0 aliphatic rings. The van der Waals surface area contributed by atoms with Crippen LogP contribution in [0.25, 0.3) is 0 Å². The lowest BCUT2D eigenvalue weighted by Gasteiger charge is -2.08. The van der Waals surface area contributed by atoms with E-state index in [0.29, 0.717) is 11.3 Å². The van der Waals surface area contributed by atoms with Gasteiger partial charge in [-0.3, -0.25) is 4.79 Å². The van der Waals surface area contributed by atoms with Crippen LogP contribution in [0.3, 0.4) is 0 Å². The van der Waals surface area contributed by atoms with Crippen LogP contribution >= 0.6 is 11.6 Å². The van der Waals surface area contributed by atoms with Crippen LogP contribution in [0.4, 0.5) is 18.9 Å². The first kappa shape index (κ1) is 16.2. The number of ether oxygens (including phenoxy) is 1. The second-order valence-corrected chi connectivity index (χ2v) is 4.78. The Morgan fingerprint density at radius 3 is 2.45 bits per heavy atom. The molecule has 0 aromatic heterocycles. The van der Waals surface area contributed by atoms with Gasteiger partial charge >= 0.3 is 6.61 Å². The van der Waals surface area contributed by atoms with Gasteiger partial charge in [-0.1, -0.05) is 23.7 Å². The Kier molecular flexibility index (Phi) is 5.27. The maximum atomic E-state index is 12.9. The van der Waals surface area contributed by atoms with Crippen molar-refractivity contribution in [2.75, 3.05) is 5.32 Å². The number of halogens is 4. The monoisotopic (exact) mass is 329 g/mol. The fraction of sp³-hybridized carbons (Fsp3) is 0.133. The number of hydrogen-bond donors (Lipinski definition) is 1. The average molecular weight is 330 g/mol. The van der Waals surface area contributed by atoms with E-state index in [-0.39, 0.29) is 23.1 Å². The van der Waals surface area contributed by atoms with Gasteiger partial charge in [0, 0.05) is 0 Å². The number of nitrogens with one attached hydrogen (secondary N) is 1. The highest BCUT2D eigenvalue weighted by atomic mass is 35.5. The van der Waals surface area contributed by atoms with E-state index in [1.165, 1.54) is 36.4 Å². The molecule has 116 valence electrons. The number of alkyl halides is 2. The molecular formula is C15H11ClF3NO2. The van der Waals surface area contributed by atoms with Gasteiger partial charge in [0.1, 0.15) is 11.6 Å². The van der Waals surface area contributed by atoms with Crippen molar-refractivity contribution >= 4 is 23.2 Å². The fourth-order valence-corrected chi connectivity index (χ4v) is 1.97. The van der Waals surface area contributed by atoms with Crippen molar-refractivity contribution in [3.63, 3.8) is 0 Å². The van der Waals surface area contributed by atoms with E-state index in [2.05, 4.69) is 10.1 Å². The van der Waals surface area contributed by atoms with Gasteiger partial charge in [0.25, 0.3) is 0 Å². The third-order valence-electron chi connectivity index (χ3n) is 2.72. The van der Waals surface area contributed by atoms with Gasteiger partial charge in [0.15, 0.2) is 0 Å². The molecule has 3 nitrogen and oxygen atoms in total. The maximum Gasteiger partial charge on any atom is 0.387 e. The molecule has 0 bridgehead atoms. The molecule has 2 aromatic carbocycles. The van der Waals surface area contributed by atoms with Crippen molar-refractivity contribution in [2.45, 2.75) is 13.0 Å². The van der Waals surface area contributed by atoms with Crippen LogP contribution in [-0.2, 0) is 11.2 Å². The van der Waals surface area contributed by atoms with E-state index in [0.717, 1.165) is 6.07 Å². The molecule has 0 spiro atoms. The zero-order chi connectivity index (χ0) is 16.1. The molecule has 0 saturated heterocycles. The lowest BCUT2D eigenvalue weighted by molar-refractivity contribution is -0.115. The zero-order valence-corrected chi connectivity index (χ0v) is 11.9. The Morgan fingerprint density at radius 1 is 1.18 bits per heavy atom. The first-order chi connectivity index (χ1) is 10.4. The number of rotatable bonds is 5. The summed E-state index contributed by atoms with van der Waals surface area (Å²) in [7, 11) is 0. The number of amides is 1. The molecule has 0 aliphatic carbocycles. The molecule has 2 rings (SSSR count). The van der Waals surface area contributed by atoms with Gasteiger partial charge in [-0.2, -0.15) is 8.78 Å². The highest BCUT2D eigenvalue weighted by molar-refractivity contribution is 6.33. The van der Waals surface area contributed by atoms with Crippen molar-refractivity contribution < 1.29 is 22.7 Å². The van der Waals surface area contributed by atoms with Crippen LogP contribution in [0.1, 0.15) is 5.56 Å². The van der Waals surface area contributed by atoms with E-state index < -0.39 is 12.4 Å². The fourth-order valence-electron chi connectivity index (χ4n) is 1.76. The molecule has 0 heterocycles. The van der Waals surface area contributed by atoms with Crippen LogP contribution in [-0.4, -0.2) is 12.5 Å². The highest BCUT2D eigenvalue weighted by Crippen LogP contribution is 2.22. The minimum atomic E-state index is -2.89. The number of benzene rings is 2. The normalized spacial score (nSPS) is 10.6. The summed E-state index contributed by atoms with van der Waals surface area (Å²) < 4.78 is 41.1. The molecule has 0 aliphatic heterocycles. The van der Waals surface area contributed by atoms with Gasteiger partial charge < -0.3 is 10.1 Å². The Bertz CT molecular complexity index is 662. The number of carbonyl (C=O) groups excluding carboxylic acids is 1. The molecule has 0 saturated carbocycles. The molecule has 0 atom stereocenters. The summed E-state index contributed by atoms with van der Waals surface area (Å²) in [5.41, 5.74) is 0.906. The first-order valence-electron chi connectivity index (χ1n) is 6.22. The van der Waals surface area contributed by atoms with Crippen LogP contribution in [0.15, 0.2) is 42.5 Å². The molecule has 0 fully saturated rings. The topological polar surface area (TPSA) is 38.3 Å². The largest absolute Gasteiger partial charge is 0.435 e. The van der Waals surface area contributed by atoms with Crippen LogP contribution in [0.5, 0.6) is 5.75 Å². The van der Waals surface area contributed by atoms with Gasteiger partial charge in [-0.05, 0) is 35.9 Å². The predicted molar refractivity (Wildman–Crippen MR) is 76.8 cm³/mol. The summed E-state index contributed by atoms with van der Waals surface area (Å²) in [4.78, 5) is 11.9. The van der Waals surface area contributed by atoms with Gasteiger partial charge in [-0.25, -0.2) is 4.39 Å². The van der Waals surface area contributed by atoms with Crippen LogP contribution in [0.2, 0.25) is 5.02 Å². The maximum absolute atomic E-state index is 12.9. The summed E-state index contributed by atoms with van der Waals surface area (Å²) in [6.07, 6.45) is 0.0165. The number of hydrogen-bond acceptors (Lipinski definition) is 2. The Balaban J connectivity index is 1.97. The van der Waals surface area contributed by atoms with Gasteiger partial charge in [-0.15, -0.1) is 0 Å². The second kappa shape index (κ2) is 7.17. The summed E-state index contributed by atoms with van der Waals surface area (Å²) in [6.45, 7) is -2.89. The highest BCUT2D eigenvalue weighted by Gasteiger charge is 2.09. The molecule has 22 heavy (non-hydrogen) atoms.